The molecular weight excluding hydrogens is 250 g/mol. The zero-order valence-electron chi connectivity index (χ0n) is 12.3. The largest absolute Gasteiger partial charge is 0.328 e. The van der Waals surface area contributed by atoms with Crippen molar-refractivity contribution in [2.45, 2.75) is 52.0 Å². The first-order valence-electron chi connectivity index (χ1n) is 7.50. The molecule has 4 nitrogen and oxygen atoms in total. The van der Waals surface area contributed by atoms with Gasteiger partial charge < -0.3 is 11.1 Å². The van der Waals surface area contributed by atoms with Crippen LogP contribution < -0.4 is 11.1 Å². The lowest BCUT2D eigenvalue weighted by Gasteiger charge is -2.26. The minimum absolute atomic E-state index is 0.175. The predicted molar refractivity (Wildman–Crippen MR) is 79.3 cm³/mol. The van der Waals surface area contributed by atoms with Crippen molar-refractivity contribution in [2.24, 2.45) is 17.1 Å². The zero-order valence-corrected chi connectivity index (χ0v) is 12.3. The molecule has 0 radical (unpaired) electrons. The SMILES string of the molecule is Cc1nccc(NC(=O)C2CC23CCC(N)CC3)c1C. The van der Waals surface area contributed by atoms with E-state index in [0.717, 1.165) is 49.0 Å². The van der Waals surface area contributed by atoms with Gasteiger partial charge in [0.2, 0.25) is 5.91 Å². The van der Waals surface area contributed by atoms with Crippen LogP contribution in [0.1, 0.15) is 43.4 Å². The van der Waals surface area contributed by atoms with Gasteiger partial charge in [-0.3, -0.25) is 9.78 Å². The van der Waals surface area contributed by atoms with E-state index in [2.05, 4.69) is 10.3 Å². The first kappa shape index (κ1) is 13.6. The lowest BCUT2D eigenvalue weighted by Crippen LogP contribution is -2.29. The van der Waals surface area contributed by atoms with Gasteiger partial charge in [0.1, 0.15) is 0 Å². The Hall–Kier alpha value is -1.42. The highest BCUT2D eigenvalue weighted by Crippen LogP contribution is 2.61. The summed E-state index contributed by atoms with van der Waals surface area (Å²) in [4.78, 5) is 16.7. The average Bonchev–Trinajstić information content (AvgIpc) is 3.13. The summed E-state index contributed by atoms with van der Waals surface area (Å²) in [5.74, 6) is 0.358. The molecule has 2 aliphatic carbocycles. The summed E-state index contributed by atoms with van der Waals surface area (Å²) < 4.78 is 0. The molecule has 1 aromatic rings. The van der Waals surface area contributed by atoms with Gasteiger partial charge in [0.15, 0.2) is 0 Å². The Morgan fingerprint density at radius 1 is 1.40 bits per heavy atom. The Kier molecular flexibility index (Phi) is 3.28. The highest BCUT2D eigenvalue weighted by Gasteiger charge is 2.58. The molecule has 1 atom stereocenters. The molecule has 1 spiro atoms. The number of nitrogens with zero attached hydrogens (tertiary/aromatic N) is 1. The number of pyridine rings is 1. The molecule has 0 aliphatic heterocycles. The molecule has 1 heterocycles. The second-order valence-electron chi connectivity index (χ2n) is 6.51. The molecule has 3 N–H and O–H groups in total. The first-order valence-corrected chi connectivity index (χ1v) is 7.50. The fourth-order valence-electron chi connectivity index (χ4n) is 3.48. The second kappa shape index (κ2) is 4.85. The number of aryl methyl sites for hydroxylation is 1. The summed E-state index contributed by atoms with van der Waals surface area (Å²) in [6.45, 7) is 3.96. The van der Waals surface area contributed by atoms with Crippen molar-refractivity contribution in [3.8, 4) is 0 Å². The topological polar surface area (TPSA) is 68.0 Å². The number of amides is 1. The van der Waals surface area contributed by atoms with E-state index in [0.29, 0.717) is 6.04 Å². The van der Waals surface area contributed by atoms with E-state index in [4.69, 9.17) is 5.73 Å². The van der Waals surface area contributed by atoms with Crippen LogP contribution in [0.5, 0.6) is 0 Å². The fourth-order valence-corrected chi connectivity index (χ4v) is 3.48. The maximum absolute atomic E-state index is 12.4. The Morgan fingerprint density at radius 2 is 2.10 bits per heavy atom. The number of hydrogen-bond acceptors (Lipinski definition) is 3. The predicted octanol–water partition coefficient (Wildman–Crippen LogP) is 2.54. The summed E-state index contributed by atoms with van der Waals surface area (Å²) in [6.07, 6.45) is 7.14. The summed E-state index contributed by atoms with van der Waals surface area (Å²) in [7, 11) is 0. The summed E-state index contributed by atoms with van der Waals surface area (Å²) >= 11 is 0. The van der Waals surface area contributed by atoms with Crippen LogP contribution >= 0.6 is 0 Å². The van der Waals surface area contributed by atoms with Crippen LogP contribution in [0.2, 0.25) is 0 Å². The van der Waals surface area contributed by atoms with Gasteiger partial charge in [0.05, 0.1) is 0 Å². The summed E-state index contributed by atoms with van der Waals surface area (Å²) in [5.41, 5.74) is 9.14. The van der Waals surface area contributed by atoms with Crippen molar-refractivity contribution >= 4 is 11.6 Å². The standard InChI is InChI=1S/C16H23N3O/c1-10-11(2)18-8-5-14(10)19-15(20)13-9-16(13)6-3-12(17)4-7-16/h5,8,12-13H,3-4,6-7,9,17H2,1-2H3,(H,18,19,20). The molecule has 0 aromatic carbocycles. The molecule has 4 heteroatoms. The van der Waals surface area contributed by atoms with Gasteiger partial charge in [0.25, 0.3) is 0 Å². The maximum Gasteiger partial charge on any atom is 0.228 e. The van der Waals surface area contributed by atoms with E-state index >= 15 is 0 Å². The number of aromatic nitrogens is 1. The van der Waals surface area contributed by atoms with Crippen LogP contribution in [0.25, 0.3) is 0 Å². The molecule has 2 fully saturated rings. The molecule has 1 amide bonds. The number of anilines is 1. The van der Waals surface area contributed by atoms with Crippen LogP contribution in [-0.4, -0.2) is 16.9 Å². The third-order valence-corrected chi connectivity index (χ3v) is 5.25. The molecule has 0 bridgehead atoms. The smallest absolute Gasteiger partial charge is 0.228 e. The van der Waals surface area contributed by atoms with Gasteiger partial charge >= 0.3 is 0 Å². The van der Waals surface area contributed by atoms with E-state index in [1.54, 1.807) is 6.20 Å². The fraction of sp³-hybridized carbons (Fsp3) is 0.625. The van der Waals surface area contributed by atoms with Crippen LogP contribution in [-0.2, 0) is 4.79 Å². The monoisotopic (exact) mass is 273 g/mol. The van der Waals surface area contributed by atoms with Gasteiger partial charge in [-0.25, -0.2) is 0 Å². The maximum atomic E-state index is 12.4. The van der Waals surface area contributed by atoms with Crippen molar-refractivity contribution < 1.29 is 4.79 Å². The zero-order chi connectivity index (χ0) is 14.3. The van der Waals surface area contributed by atoms with Crippen molar-refractivity contribution in [1.29, 1.82) is 0 Å². The normalized spacial score (nSPS) is 32.1. The molecule has 2 aliphatic rings. The van der Waals surface area contributed by atoms with E-state index in [1.807, 2.05) is 19.9 Å². The Morgan fingerprint density at radius 3 is 2.80 bits per heavy atom. The third-order valence-electron chi connectivity index (χ3n) is 5.25. The van der Waals surface area contributed by atoms with E-state index in [-0.39, 0.29) is 17.2 Å². The van der Waals surface area contributed by atoms with Gasteiger partial charge in [-0.2, -0.15) is 0 Å². The van der Waals surface area contributed by atoms with E-state index in [9.17, 15) is 4.79 Å². The number of carbonyl (C=O) groups excluding carboxylic acids is 1. The van der Waals surface area contributed by atoms with E-state index in [1.165, 1.54) is 0 Å². The molecule has 108 valence electrons. The van der Waals surface area contributed by atoms with Crippen LogP contribution in [0.3, 0.4) is 0 Å². The van der Waals surface area contributed by atoms with Crippen molar-refractivity contribution in [1.82, 2.24) is 4.98 Å². The molecule has 1 unspecified atom stereocenters. The molecule has 0 saturated heterocycles. The molecular formula is C16H23N3O. The Bertz CT molecular complexity index is 533. The van der Waals surface area contributed by atoms with Crippen molar-refractivity contribution in [3.05, 3.63) is 23.5 Å². The lowest BCUT2D eigenvalue weighted by atomic mass is 9.82. The van der Waals surface area contributed by atoms with E-state index < -0.39 is 0 Å². The third kappa shape index (κ3) is 2.33. The van der Waals surface area contributed by atoms with Gasteiger partial charge in [-0.1, -0.05) is 0 Å². The number of nitrogens with two attached hydrogens (primary N) is 1. The van der Waals surface area contributed by atoms with Crippen molar-refractivity contribution in [2.75, 3.05) is 5.32 Å². The Labute approximate surface area is 120 Å². The van der Waals surface area contributed by atoms with Gasteiger partial charge in [-0.15, -0.1) is 0 Å². The number of rotatable bonds is 2. The van der Waals surface area contributed by atoms with Gasteiger partial charge in [-0.05, 0) is 63.0 Å². The second-order valence-corrected chi connectivity index (χ2v) is 6.51. The van der Waals surface area contributed by atoms with Gasteiger partial charge in [0, 0.05) is 29.5 Å². The number of carbonyl (C=O) groups is 1. The minimum Gasteiger partial charge on any atom is -0.328 e. The molecule has 1 aromatic heterocycles. The Balaban J connectivity index is 1.65. The lowest BCUT2D eigenvalue weighted by molar-refractivity contribution is -0.118. The van der Waals surface area contributed by atoms with Crippen LogP contribution in [0, 0.1) is 25.2 Å². The van der Waals surface area contributed by atoms with Crippen molar-refractivity contribution in [3.63, 3.8) is 0 Å². The van der Waals surface area contributed by atoms with Crippen LogP contribution in [0.4, 0.5) is 5.69 Å². The molecule has 20 heavy (non-hydrogen) atoms. The molecule has 3 rings (SSSR count). The highest BCUT2D eigenvalue weighted by atomic mass is 16.2. The summed E-state index contributed by atoms with van der Waals surface area (Å²) in [6, 6.07) is 2.22. The molecule has 2 saturated carbocycles. The quantitative estimate of drug-likeness (QED) is 0.870. The number of nitrogens with one attached hydrogen (secondary N) is 1. The minimum atomic E-state index is 0.175. The average molecular weight is 273 g/mol. The van der Waals surface area contributed by atoms with Crippen LogP contribution in [0.15, 0.2) is 12.3 Å². The first-order chi connectivity index (χ1) is 9.52. The number of hydrogen-bond donors (Lipinski definition) is 2. The summed E-state index contributed by atoms with van der Waals surface area (Å²) in [5, 5.41) is 3.09. The highest BCUT2D eigenvalue weighted by molar-refractivity contribution is 5.95.